The Hall–Kier alpha value is -2.37. The first-order valence-corrected chi connectivity index (χ1v) is 10.5. The third kappa shape index (κ3) is 3.74. The van der Waals surface area contributed by atoms with Gasteiger partial charge in [0.15, 0.2) is 5.69 Å². The Kier molecular flexibility index (Phi) is 4.68. The highest BCUT2D eigenvalue weighted by atomic mass is 19.4. The third-order valence-corrected chi connectivity index (χ3v) is 6.90. The molecule has 31 heavy (non-hydrogen) atoms. The minimum Gasteiger partial charge on any atom is -0.366 e. The molecule has 170 valence electrons. The smallest absolute Gasteiger partial charge is 0.366 e. The van der Waals surface area contributed by atoms with Gasteiger partial charge in [0.05, 0.1) is 17.8 Å². The molecule has 2 atom stereocenters. The number of halogens is 3. The molecule has 3 aliphatic heterocycles. The van der Waals surface area contributed by atoms with E-state index < -0.39 is 11.9 Å². The van der Waals surface area contributed by atoms with Gasteiger partial charge in [0.25, 0.3) is 0 Å². The summed E-state index contributed by atoms with van der Waals surface area (Å²) in [6, 6.07) is -0.210. The molecule has 0 radical (unpaired) electrons. The Balaban J connectivity index is 1.11. The molecule has 5 rings (SSSR count). The lowest BCUT2D eigenvalue weighted by atomic mass is 9.57. The number of morpholine rings is 1. The zero-order valence-corrected chi connectivity index (χ0v) is 17.2. The number of nitrogens with one attached hydrogen (secondary N) is 1. The topological polar surface area (TPSA) is 92.6 Å². The lowest BCUT2D eigenvalue weighted by molar-refractivity contribution is -0.142. The molecule has 3 amide bonds. The van der Waals surface area contributed by atoms with Gasteiger partial charge in [-0.15, -0.1) is 5.10 Å². The minimum atomic E-state index is -4.50. The number of alkyl halides is 3. The summed E-state index contributed by atoms with van der Waals surface area (Å²) in [7, 11) is 1.39. The second kappa shape index (κ2) is 7.07. The molecule has 0 unspecified atom stereocenters. The van der Waals surface area contributed by atoms with E-state index in [9.17, 15) is 22.8 Å². The van der Waals surface area contributed by atoms with Crippen molar-refractivity contribution in [2.45, 2.75) is 44.0 Å². The van der Waals surface area contributed by atoms with Crippen LogP contribution in [0.15, 0.2) is 0 Å². The highest BCUT2D eigenvalue weighted by Gasteiger charge is 2.55. The second-order valence-electron chi connectivity index (χ2n) is 9.36. The van der Waals surface area contributed by atoms with Gasteiger partial charge in [-0.1, -0.05) is 0 Å². The summed E-state index contributed by atoms with van der Waals surface area (Å²) in [6.45, 7) is 2.36. The van der Waals surface area contributed by atoms with Crippen LogP contribution in [0.5, 0.6) is 0 Å². The zero-order valence-electron chi connectivity index (χ0n) is 17.2. The number of nitrogens with zero attached hydrogens (tertiary/aromatic N) is 5. The number of hydrogen-bond donors (Lipinski definition) is 1. The van der Waals surface area contributed by atoms with E-state index in [0.717, 1.165) is 17.6 Å². The molecule has 1 saturated carbocycles. The number of likely N-dealkylation sites (tertiary alicyclic amines) is 2. The van der Waals surface area contributed by atoms with Crippen molar-refractivity contribution in [2.24, 2.45) is 18.4 Å². The van der Waals surface area contributed by atoms with E-state index >= 15 is 0 Å². The van der Waals surface area contributed by atoms with Crippen LogP contribution in [0.1, 0.15) is 30.7 Å². The normalized spacial score (nSPS) is 28.1. The first-order chi connectivity index (χ1) is 14.6. The molecule has 9 nitrogen and oxygen atoms in total. The van der Waals surface area contributed by atoms with Gasteiger partial charge in [0.2, 0.25) is 5.91 Å². The van der Waals surface area contributed by atoms with Gasteiger partial charge in [0.1, 0.15) is 6.61 Å². The quantitative estimate of drug-likeness (QED) is 0.732. The molecule has 4 aliphatic rings. The molecule has 3 saturated heterocycles. The van der Waals surface area contributed by atoms with E-state index in [1.807, 2.05) is 0 Å². The molecule has 0 bridgehead atoms. The molecular weight excluding hydrogens is 417 g/mol. The Morgan fingerprint density at radius 2 is 2.00 bits per heavy atom. The van der Waals surface area contributed by atoms with E-state index in [4.69, 9.17) is 4.74 Å². The Bertz CT molecular complexity index is 889. The van der Waals surface area contributed by atoms with Crippen molar-refractivity contribution in [3.63, 3.8) is 0 Å². The van der Waals surface area contributed by atoms with E-state index in [0.29, 0.717) is 32.6 Å². The molecule has 1 aromatic heterocycles. The first kappa shape index (κ1) is 20.5. The van der Waals surface area contributed by atoms with Gasteiger partial charge in [-0.3, -0.25) is 4.79 Å². The monoisotopic (exact) mass is 442 g/mol. The van der Waals surface area contributed by atoms with Crippen LogP contribution in [0, 0.1) is 11.3 Å². The number of fused-ring (bicyclic) bond motifs is 1. The van der Waals surface area contributed by atoms with E-state index in [2.05, 4.69) is 15.5 Å². The predicted octanol–water partition coefficient (Wildman–Crippen LogP) is 0.798. The van der Waals surface area contributed by atoms with Crippen LogP contribution in [0.25, 0.3) is 0 Å². The van der Waals surface area contributed by atoms with Crippen molar-refractivity contribution in [1.82, 2.24) is 30.1 Å². The number of carbonyl (C=O) groups is 2. The van der Waals surface area contributed by atoms with Crippen molar-refractivity contribution >= 4 is 11.9 Å². The lowest BCUT2D eigenvalue weighted by Gasteiger charge is -2.60. The van der Waals surface area contributed by atoms with Gasteiger partial charge in [0, 0.05) is 38.6 Å². The van der Waals surface area contributed by atoms with Crippen LogP contribution < -0.4 is 5.32 Å². The number of hydrogen-bond acceptors (Lipinski definition) is 5. The number of aromatic nitrogens is 3. The van der Waals surface area contributed by atoms with E-state index in [1.165, 1.54) is 7.05 Å². The maximum Gasteiger partial charge on any atom is 0.437 e. The number of urea groups is 1. The summed E-state index contributed by atoms with van der Waals surface area (Å²) in [4.78, 5) is 28.9. The van der Waals surface area contributed by atoms with Gasteiger partial charge in [-0.2, -0.15) is 23.1 Å². The second-order valence-corrected chi connectivity index (χ2v) is 9.36. The minimum absolute atomic E-state index is 0.00160. The molecule has 1 N–H and O–H groups in total. The predicted molar refractivity (Wildman–Crippen MR) is 99.7 cm³/mol. The molecular formula is C19H25F3N6O3. The van der Waals surface area contributed by atoms with Crippen LogP contribution in [0.4, 0.5) is 18.0 Å². The molecule has 4 fully saturated rings. The Labute approximate surface area is 176 Å². The Morgan fingerprint density at radius 3 is 2.71 bits per heavy atom. The highest BCUT2D eigenvalue weighted by molar-refractivity contribution is 5.79. The number of amides is 3. The van der Waals surface area contributed by atoms with E-state index in [-0.39, 0.29) is 54.1 Å². The van der Waals surface area contributed by atoms with Gasteiger partial charge in [-0.25, -0.2) is 4.79 Å². The van der Waals surface area contributed by atoms with Crippen molar-refractivity contribution in [2.75, 3.05) is 32.8 Å². The Morgan fingerprint density at radius 1 is 1.26 bits per heavy atom. The number of carbonyl (C=O) groups excluding carboxylic acids is 2. The summed E-state index contributed by atoms with van der Waals surface area (Å²) in [5.41, 5.74) is -0.883. The zero-order chi connectivity index (χ0) is 22.0. The number of piperidine rings is 1. The van der Waals surface area contributed by atoms with Crippen LogP contribution in [0.2, 0.25) is 0 Å². The summed E-state index contributed by atoms with van der Waals surface area (Å²) < 4.78 is 44.9. The van der Waals surface area contributed by atoms with Crippen molar-refractivity contribution < 1.29 is 27.5 Å². The van der Waals surface area contributed by atoms with Crippen molar-refractivity contribution in [3.8, 4) is 0 Å². The van der Waals surface area contributed by atoms with E-state index in [1.54, 1.807) is 9.80 Å². The number of aryl methyl sites for hydroxylation is 1. The molecule has 1 aromatic rings. The fourth-order valence-electron chi connectivity index (χ4n) is 5.62. The summed E-state index contributed by atoms with van der Waals surface area (Å²) in [5, 5.41) is 10.3. The average Bonchev–Trinajstić information content (AvgIpc) is 3.02. The fraction of sp³-hybridized carbons (Fsp3) is 0.789. The third-order valence-electron chi connectivity index (χ3n) is 6.90. The SMILES string of the molecule is Cn1nc(CC2CC3(C2)CN(C(=O)N2CC[C@@H]4OCC(=O)N[C@@H]4C2)C3)c(C(F)(F)F)n1. The van der Waals surface area contributed by atoms with Crippen LogP contribution in [0.3, 0.4) is 0 Å². The summed E-state index contributed by atoms with van der Waals surface area (Å²) >= 11 is 0. The highest BCUT2D eigenvalue weighted by Crippen LogP contribution is 2.53. The van der Waals surface area contributed by atoms with Crippen LogP contribution in [-0.4, -0.2) is 81.7 Å². The fourth-order valence-corrected chi connectivity index (χ4v) is 5.62. The largest absolute Gasteiger partial charge is 0.437 e. The standard InChI is InChI=1S/C19H25F3N6O3/c1-26-24-12(16(25-26)19(20,21)22)4-11-5-18(6-11)9-28(10-18)17(30)27-3-2-14-13(7-27)23-15(29)8-31-14/h11,13-14H,2-10H2,1H3,(H,23,29)/t13-,14+/m1/s1. The van der Waals surface area contributed by atoms with Crippen LogP contribution in [-0.2, 0) is 29.2 Å². The lowest BCUT2D eigenvalue weighted by Crippen LogP contribution is -2.68. The number of ether oxygens (including phenoxy) is 1. The molecule has 4 heterocycles. The van der Waals surface area contributed by atoms with Gasteiger partial charge in [-0.05, 0) is 31.6 Å². The molecule has 0 aromatic carbocycles. The van der Waals surface area contributed by atoms with Crippen molar-refractivity contribution in [3.05, 3.63) is 11.4 Å². The molecule has 1 spiro atoms. The van der Waals surface area contributed by atoms with Crippen molar-refractivity contribution in [1.29, 1.82) is 0 Å². The van der Waals surface area contributed by atoms with Crippen LogP contribution >= 0.6 is 0 Å². The number of rotatable bonds is 2. The average molecular weight is 442 g/mol. The molecule has 12 heteroatoms. The molecule has 1 aliphatic carbocycles. The maximum atomic E-state index is 13.1. The first-order valence-electron chi connectivity index (χ1n) is 10.5. The summed E-state index contributed by atoms with van der Waals surface area (Å²) in [6.07, 6.45) is -2.01. The maximum absolute atomic E-state index is 13.1. The van der Waals surface area contributed by atoms with Gasteiger partial charge < -0.3 is 19.9 Å². The summed E-state index contributed by atoms with van der Waals surface area (Å²) in [5.74, 6) is -0.0313. The van der Waals surface area contributed by atoms with Gasteiger partial charge >= 0.3 is 12.2 Å².